The number of aryl methyl sites for hydroxylation is 1. The minimum Gasteiger partial charge on any atom is -0.452 e. The molecule has 0 spiro atoms. The molecule has 1 aliphatic carbocycles. The van der Waals surface area contributed by atoms with Gasteiger partial charge in [-0.1, -0.05) is 24.5 Å². The highest BCUT2D eigenvalue weighted by Gasteiger charge is 2.39. The van der Waals surface area contributed by atoms with E-state index in [-0.39, 0.29) is 5.91 Å². The molecule has 1 fully saturated rings. The third-order valence-electron chi connectivity index (χ3n) is 5.28. The first-order valence-corrected chi connectivity index (χ1v) is 9.19. The third-order valence-corrected chi connectivity index (χ3v) is 5.28. The van der Waals surface area contributed by atoms with Crippen LogP contribution in [0, 0.1) is 11.3 Å². The molecule has 1 aliphatic rings. The number of hydrogen-bond acceptors (Lipinski definition) is 6. The Balaban J connectivity index is 1.64. The number of ether oxygens (including phenoxy) is 1. The Morgan fingerprint density at radius 2 is 2.07 bits per heavy atom. The Morgan fingerprint density at radius 3 is 2.74 bits per heavy atom. The van der Waals surface area contributed by atoms with Crippen molar-refractivity contribution in [1.82, 2.24) is 19.9 Å². The molecule has 0 saturated heterocycles. The van der Waals surface area contributed by atoms with Crippen molar-refractivity contribution in [3.05, 3.63) is 23.8 Å². The molecule has 0 unspecified atom stereocenters. The second-order valence-electron chi connectivity index (χ2n) is 6.84. The van der Waals surface area contributed by atoms with Crippen molar-refractivity contribution in [1.29, 1.82) is 5.26 Å². The van der Waals surface area contributed by atoms with Crippen molar-refractivity contribution in [3.63, 3.8) is 0 Å². The maximum atomic E-state index is 12.5. The number of nitriles is 1. The molecule has 3 rings (SSSR count). The molecule has 2 aromatic rings. The molecule has 27 heavy (non-hydrogen) atoms. The quantitative estimate of drug-likeness (QED) is 0.750. The van der Waals surface area contributed by atoms with Gasteiger partial charge in [-0.15, -0.1) is 5.10 Å². The van der Waals surface area contributed by atoms with Gasteiger partial charge in [-0.05, 0) is 38.0 Å². The molecule has 142 valence electrons. The highest BCUT2D eigenvalue weighted by Crippen LogP contribution is 2.32. The fourth-order valence-corrected chi connectivity index (χ4v) is 3.54. The first kappa shape index (κ1) is 18.8. The number of carbonyl (C=O) groups is 2. The van der Waals surface area contributed by atoms with Gasteiger partial charge in [0.05, 0.1) is 17.1 Å². The highest BCUT2D eigenvalue weighted by molar-refractivity contribution is 5.94. The van der Waals surface area contributed by atoms with Crippen molar-refractivity contribution in [3.8, 4) is 6.07 Å². The zero-order valence-electron chi connectivity index (χ0n) is 15.6. The lowest BCUT2D eigenvalue weighted by atomic mass is 9.81. The molecule has 0 radical (unpaired) electrons. The van der Waals surface area contributed by atoms with E-state index in [4.69, 9.17) is 4.74 Å². The van der Waals surface area contributed by atoms with Crippen molar-refractivity contribution >= 4 is 22.9 Å². The molecule has 1 aromatic carbocycles. The molecule has 1 saturated carbocycles. The van der Waals surface area contributed by atoms with E-state index >= 15 is 0 Å². The summed E-state index contributed by atoms with van der Waals surface area (Å²) in [6.07, 6.45) is 4.23. The summed E-state index contributed by atoms with van der Waals surface area (Å²) < 4.78 is 6.91. The number of aromatic nitrogens is 3. The number of benzene rings is 1. The van der Waals surface area contributed by atoms with Crippen LogP contribution < -0.4 is 0 Å². The van der Waals surface area contributed by atoms with E-state index in [0.717, 1.165) is 24.8 Å². The van der Waals surface area contributed by atoms with Gasteiger partial charge in [0.2, 0.25) is 0 Å². The van der Waals surface area contributed by atoms with Crippen LogP contribution >= 0.6 is 0 Å². The zero-order chi connectivity index (χ0) is 19.4. The predicted octanol–water partition coefficient (Wildman–Crippen LogP) is 2.29. The second-order valence-corrected chi connectivity index (χ2v) is 6.84. The van der Waals surface area contributed by atoms with Gasteiger partial charge >= 0.3 is 5.97 Å². The van der Waals surface area contributed by atoms with Crippen LogP contribution in [0.4, 0.5) is 0 Å². The Morgan fingerprint density at radius 1 is 1.33 bits per heavy atom. The normalized spacial score (nSPS) is 15.9. The minimum absolute atomic E-state index is 0.314. The maximum absolute atomic E-state index is 12.5. The van der Waals surface area contributed by atoms with Crippen LogP contribution in [0.5, 0.6) is 0 Å². The van der Waals surface area contributed by atoms with E-state index in [0.29, 0.717) is 30.5 Å². The summed E-state index contributed by atoms with van der Waals surface area (Å²) in [5, 5.41) is 17.6. The molecule has 8 nitrogen and oxygen atoms in total. The fraction of sp³-hybridized carbons (Fsp3) is 0.526. The molecule has 0 aliphatic heterocycles. The van der Waals surface area contributed by atoms with Crippen LogP contribution in [0.1, 0.15) is 49.4 Å². The molecular formula is C19H23N5O3. The topological polar surface area (TPSA) is 101 Å². The van der Waals surface area contributed by atoms with Gasteiger partial charge in [-0.2, -0.15) is 5.26 Å². The van der Waals surface area contributed by atoms with Gasteiger partial charge in [0.15, 0.2) is 6.61 Å². The summed E-state index contributed by atoms with van der Waals surface area (Å²) in [6.45, 7) is 2.25. The molecule has 8 heteroatoms. The average molecular weight is 369 g/mol. The Kier molecular flexibility index (Phi) is 5.40. The highest BCUT2D eigenvalue weighted by atomic mass is 16.5. The van der Waals surface area contributed by atoms with Crippen LogP contribution in [0.2, 0.25) is 0 Å². The van der Waals surface area contributed by atoms with E-state index in [9.17, 15) is 14.9 Å². The van der Waals surface area contributed by atoms with Crippen molar-refractivity contribution in [2.75, 3.05) is 13.7 Å². The van der Waals surface area contributed by atoms with Gasteiger partial charge in [0, 0.05) is 13.6 Å². The number of amides is 1. The SMILES string of the molecule is CCn1nnc2cc(C(=O)OCC(=O)N(C)C3(C#N)CCCCC3)ccc21. The smallest absolute Gasteiger partial charge is 0.338 e. The van der Waals surface area contributed by atoms with Gasteiger partial charge in [0.1, 0.15) is 11.1 Å². The molecule has 1 amide bonds. The molecule has 1 aromatic heterocycles. The van der Waals surface area contributed by atoms with Crippen molar-refractivity contribution < 1.29 is 14.3 Å². The summed E-state index contributed by atoms with van der Waals surface area (Å²) in [7, 11) is 1.61. The number of rotatable bonds is 5. The van der Waals surface area contributed by atoms with E-state index < -0.39 is 18.1 Å². The third kappa shape index (κ3) is 3.63. The number of fused-ring (bicyclic) bond motifs is 1. The van der Waals surface area contributed by atoms with Crippen LogP contribution in [-0.4, -0.2) is 51.0 Å². The fourth-order valence-electron chi connectivity index (χ4n) is 3.54. The van der Waals surface area contributed by atoms with Crippen LogP contribution in [0.15, 0.2) is 18.2 Å². The summed E-state index contributed by atoms with van der Waals surface area (Å²) in [6, 6.07) is 7.28. The van der Waals surface area contributed by atoms with Crippen molar-refractivity contribution in [2.24, 2.45) is 0 Å². The van der Waals surface area contributed by atoms with E-state index in [1.807, 2.05) is 6.92 Å². The first-order valence-electron chi connectivity index (χ1n) is 9.19. The monoisotopic (exact) mass is 369 g/mol. The summed E-state index contributed by atoms with van der Waals surface area (Å²) in [5.41, 5.74) is 0.950. The molecule has 1 heterocycles. The van der Waals surface area contributed by atoms with E-state index in [1.54, 1.807) is 29.9 Å². The van der Waals surface area contributed by atoms with Gasteiger partial charge in [0.25, 0.3) is 5.91 Å². The van der Waals surface area contributed by atoms with Crippen LogP contribution in [0.3, 0.4) is 0 Å². The molecule has 0 atom stereocenters. The number of hydrogen-bond donors (Lipinski definition) is 0. The lowest BCUT2D eigenvalue weighted by Crippen LogP contribution is -2.51. The maximum Gasteiger partial charge on any atom is 0.338 e. The molecule has 0 N–H and O–H groups in total. The standard InChI is InChI=1S/C19H23N5O3/c1-3-24-16-8-7-14(11-15(16)21-22-24)18(26)27-12-17(25)23(2)19(13-20)9-5-4-6-10-19/h7-8,11H,3-6,9-10,12H2,1-2H3. The number of esters is 1. The Labute approximate surface area is 157 Å². The van der Waals surface area contributed by atoms with Gasteiger partial charge in [-0.25, -0.2) is 9.48 Å². The van der Waals surface area contributed by atoms with Gasteiger partial charge < -0.3 is 9.64 Å². The zero-order valence-corrected chi connectivity index (χ0v) is 15.6. The minimum atomic E-state index is -0.792. The first-order chi connectivity index (χ1) is 13.0. The number of likely N-dealkylation sites (N-methyl/N-ethyl adjacent to an activating group) is 1. The Bertz CT molecular complexity index is 892. The lowest BCUT2D eigenvalue weighted by Gasteiger charge is -2.38. The second kappa shape index (κ2) is 7.74. The van der Waals surface area contributed by atoms with E-state index in [1.165, 1.54) is 4.90 Å². The average Bonchev–Trinajstić information content (AvgIpc) is 3.13. The summed E-state index contributed by atoms with van der Waals surface area (Å²) in [5.74, 6) is -0.968. The number of carbonyl (C=O) groups excluding carboxylic acids is 2. The lowest BCUT2D eigenvalue weighted by molar-refractivity contribution is -0.138. The van der Waals surface area contributed by atoms with Crippen LogP contribution in [-0.2, 0) is 16.1 Å². The largest absolute Gasteiger partial charge is 0.452 e. The summed E-state index contributed by atoms with van der Waals surface area (Å²) in [4.78, 5) is 26.2. The van der Waals surface area contributed by atoms with Crippen LogP contribution in [0.25, 0.3) is 11.0 Å². The number of nitrogens with zero attached hydrogens (tertiary/aromatic N) is 5. The van der Waals surface area contributed by atoms with Gasteiger partial charge in [-0.3, -0.25) is 4.79 Å². The Hall–Kier alpha value is -2.95. The van der Waals surface area contributed by atoms with Crippen molar-refractivity contribution in [2.45, 2.75) is 51.1 Å². The predicted molar refractivity (Wildman–Crippen MR) is 97.7 cm³/mol. The molecule has 0 bridgehead atoms. The van der Waals surface area contributed by atoms with E-state index in [2.05, 4.69) is 16.4 Å². The summed E-state index contributed by atoms with van der Waals surface area (Å²) >= 11 is 0. The molecular weight excluding hydrogens is 346 g/mol.